The molecule has 220 valence electrons. The Bertz CT molecular complexity index is 1920. The van der Waals surface area contributed by atoms with E-state index >= 15 is 0 Å². The third kappa shape index (κ3) is 5.96. The molecule has 0 radical (unpaired) electrons. The molecule has 4 N–H and O–H groups in total. The maximum atomic E-state index is 6.21. The molecule has 0 saturated carbocycles. The first-order valence-electron chi connectivity index (χ1n) is 15.4. The van der Waals surface area contributed by atoms with E-state index < -0.39 is 5.41 Å². The lowest BCUT2D eigenvalue weighted by Crippen LogP contribution is -2.31. The van der Waals surface area contributed by atoms with Crippen LogP contribution >= 0.6 is 0 Å². The second kappa shape index (κ2) is 13.4. The lowest BCUT2D eigenvalue weighted by Gasteiger charge is -2.38. The van der Waals surface area contributed by atoms with Crippen molar-refractivity contribution in [1.29, 1.82) is 0 Å². The number of hydrogen-bond donors (Lipinski definition) is 2. The van der Waals surface area contributed by atoms with Crippen LogP contribution < -0.4 is 11.5 Å². The molecule has 2 heteroatoms. The van der Waals surface area contributed by atoms with Crippen molar-refractivity contribution in [3.05, 3.63) is 204 Å². The summed E-state index contributed by atoms with van der Waals surface area (Å²) < 4.78 is 0. The van der Waals surface area contributed by atoms with Gasteiger partial charge in [-0.1, -0.05) is 146 Å². The summed E-state index contributed by atoms with van der Waals surface area (Å²) >= 11 is 0. The second-order valence-corrected chi connectivity index (χ2v) is 11.4. The number of allylic oxidation sites excluding steroid dienone is 12. The van der Waals surface area contributed by atoms with Crippen LogP contribution in [0.15, 0.2) is 176 Å². The summed E-state index contributed by atoms with van der Waals surface area (Å²) in [5.41, 5.74) is 24.0. The highest BCUT2D eigenvalue weighted by atomic mass is 14.5. The lowest BCUT2D eigenvalue weighted by atomic mass is 9.64. The van der Waals surface area contributed by atoms with Gasteiger partial charge in [-0.2, -0.15) is 0 Å². The van der Waals surface area contributed by atoms with Gasteiger partial charge in [-0.3, -0.25) is 0 Å². The average molecular weight is 583 g/mol. The molecular weight excluding hydrogens is 544 g/mol. The Kier molecular flexibility index (Phi) is 8.75. The van der Waals surface area contributed by atoms with Gasteiger partial charge in [0.1, 0.15) is 0 Å². The van der Waals surface area contributed by atoms with Gasteiger partial charge < -0.3 is 11.5 Å². The number of nitrogens with two attached hydrogens (primary N) is 2. The van der Waals surface area contributed by atoms with E-state index in [9.17, 15) is 0 Å². The Morgan fingerprint density at radius 3 is 2.22 bits per heavy atom. The summed E-state index contributed by atoms with van der Waals surface area (Å²) in [4.78, 5) is 0. The number of benzene rings is 4. The first-order chi connectivity index (χ1) is 22.1. The molecule has 0 fully saturated rings. The molecular formula is C43H38N2. The zero-order chi connectivity index (χ0) is 31.1. The standard InChI is InChI=1S/C43H38N2/c1-32-13-6-7-15-35-16-8-9-20-41(35)43(32)27-12-19-39(31-45)40-26-25-38(30-42(40)43)37-18-11-17-36(29-37)34-23-21-33(22-24-34)14-5-3-2-4-10-28-44/h2-13,15-26,28-31H,1,14,27,44-45H2/b4-2-,5-3+,13-6-,15-7-,28-10-,39-31+. The molecule has 45 heavy (non-hydrogen) atoms. The van der Waals surface area contributed by atoms with Crippen LogP contribution in [0.1, 0.15) is 34.2 Å². The van der Waals surface area contributed by atoms with E-state index in [-0.39, 0.29) is 0 Å². The highest BCUT2D eigenvalue weighted by Gasteiger charge is 2.40. The first kappa shape index (κ1) is 29.5. The minimum Gasteiger partial charge on any atom is -0.405 e. The maximum absolute atomic E-state index is 6.21. The van der Waals surface area contributed by atoms with Gasteiger partial charge in [-0.05, 0) is 98.5 Å². The fraction of sp³-hybridized carbons (Fsp3) is 0.0698. The number of fused-ring (bicyclic) bond motifs is 4. The molecule has 1 unspecified atom stereocenters. The van der Waals surface area contributed by atoms with Gasteiger partial charge in [0.05, 0.1) is 0 Å². The summed E-state index contributed by atoms with van der Waals surface area (Å²) in [7, 11) is 0. The Balaban J connectivity index is 1.40. The van der Waals surface area contributed by atoms with E-state index in [4.69, 9.17) is 11.5 Å². The van der Waals surface area contributed by atoms with Crippen molar-refractivity contribution < 1.29 is 0 Å². The van der Waals surface area contributed by atoms with Crippen molar-refractivity contribution in [2.24, 2.45) is 11.5 Å². The summed E-state index contributed by atoms with van der Waals surface area (Å²) in [6, 6.07) is 33.1. The monoisotopic (exact) mass is 582 g/mol. The summed E-state index contributed by atoms with van der Waals surface area (Å²) in [6.45, 7) is 4.66. The average Bonchev–Trinajstić information content (AvgIpc) is 3.25. The molecule has 0 heterocycles. The van der Waals surface area contributed by atoms with Crippen molar-refractivity contribution in [1.82, 2.24) is 0 Å². The third-order valence-corrected chi connectivity index (χ3v) is 8.76. The van der Waals surface area contributed by atoms with Crippen molar-refractivity contribution >= 4 is 11.6 Å². The van der Waals surface area contributed by atoms with Gasteiger partial charge in [0.2, 0.25) is 0 Å². The van der Waals surface area contributed by atoms with Crippen molar-refractivity contribution in [3.63, 3.8) is 0 Å². The fourth-order valence-corrected chi connectivity index (χ4v) is 6.46. The molecule has 2 nitrogen and oxygen atoms in total. The van der Waals surface area contributed by atoms with Crippen molar-refractivity contribution in [2.75, 3.05) is 0 Å². The summed E-state index contributed by atoms with van der Waals surface area (Å²) in [5.74, 6) is 0. The summed E-state index contributed by atoms with van der Waals surface area (Å²) in [6.07, 6.45) is 27.8. The molecule has 4 aromatic carbocycles. The molecule has 6 rings (SSSR count). The minimum atomic E-state index is -0.441. The van der Waals surface area contributed by atoms with Gasteiger partial charge in [0.15, 0.2) is 0 Å². The molecule has 2 aliphatic rings. The number of rotatable bonds is 6. The Morgan fingerprint density at radius 1 is 0.667 bits per heavy atom. The highest BCUT2D eigenvalue weighted by molar-refractivity contribution is 5.83. The van der Waals surface area contributed by atoms with Crippen LogP contribution in [0.25, 0.3) is 33.9 Å². The molecule has 0 aromatic heterocycles. The van der Waals surface area contributed by atoms with Gasteiger partial charge >= 0.3 is 0 Å². The van der Waals surface area contributed by atoms with E-state index in [1.54, 1.807) is 6.20 Å². The van der Waals surface area contributed by atoms with E-state index in [1.807, 2.05) is 24.3 Å². The lowest BCUT2D eigenvalue weighted by molar-refractivity contribution is 0.628. The van der Waals surface area contributed by atoms with E-state index in [0.29, 0.717) is 0 Å². The van der Waals surface area contributed by atoms with Crippen LogP contribution in [-0.2, 0) is 11.8 Å². The quantitative estimate of drug-likeness (QED) is 0.222. The van der Waals surface area contributed by atoms with Crippen molar-refractivity contribution in [3.8, 4) is 22.3 Å². The van der Waals surface area contributed by atoms with Gasteiger partial charge in [-0.25, -0.2) is 0 Å². The predicted molar refractivity (Wildman–Crippen MR) is 193 cm³/mol. The van der Waals surface area contributed by atoms with Crippen LogP contribution in [0, 0.1) is 0 Å². The van der Waals surface area contributed by atoms with E-state index in [2.05, 4.69) is 140 Å². The SMILES string of the molecule is C=C1/C=C\C=C/c2ccccc2C12CC=C/C(=C\N)c1ccc(-c3cccc(-c4ccc(C/C=C/C=C\C=C/N)cc4)c3)cc12. The molecule has 2 aliphatic carbocycles. The third-order valence-electron chi connectivity index (χ3n) is 8.76. The minimum absolute atomic E-state index is 0.441. The highest BCUT2D eigenvalue weighted by Crippen LogP contribution is 2.50. The molecule has 0 amide bonds. The summed E-state index contributed by atoms with van der Waals surface area (Å²) in [5, 5.41) is 0. The zero-order valence-electron chi connectivity index (χ0n) is 25.4. The van der Waals surface area contributed by atoms with Gasteiger partial charge in [0.25, 0.3) is 0 Å². The second-order valence-electron chi connectivity index (χ2n) is 11.4. The van der Waals surface area contributed by atoms with Crippen LogP contribution in [0.5, 0.6) is 0 Å². The van der Waals surface area contributed by atoms with Crippen LogP contribution in [-0.4, -0.2) is 0 Å². The van der Waals surface area contributed by atoms with Crippen LogP contribution in [0.2, 0.25) is 0 Å². The molecule has 0 saturated heterocycles. The maximum Gasteiger partial charge on any atom is 0.0492 e. The Hall–Kier alpha value is -5.60. The molecule has 0 bridgehead atoms. The molecule has 4 aromatic rings. The van der Waals surface area contributed by atoms with Crippen molar-refractivity contribution in [2.45, 2.75) is 18.3 Å². The smallest absolute Gasteiger partial charge is 0.0492 e. The Labute approximate surface area is 267 Å². The Morgan fingerprint density at radius 2 is 1.40 bits per heavy atom. The predicted octanol–water partition coefficient (Wildman–Crippen LogP) is 9.83. The molecule has 1 spiro atoms. The van der Waals surface area contributed by atoms with Crippen LogP contribution in [0.4, 0.5) is 0 Å². The van der Waals surface area contributed by atoms with E-state index in [1.165, 1.54) is 50.7 Å². The topological polar surface area (TPSA) is 52.0 Å². The molecule has 1 atom stereocenters. The van der Waals surface area contributed by atoms with E-state index in [0.717, 1.165) is 29.6 Å². The zero-order valence-corrected chi connectivity index (χ0v) is 25.4. The first-order valence-corrected chi connectivity index (χ1v) is 15.4. The fourth-order valence-electron chi connectivity index (χ4n) is 6.46. The normalized spacial score (nSPS) is 19.9. The molecule has 0 aliphatic heterocycles. The van der Waals surface area contributed by atoms with Crippen LogP contribution in [0.3, 0.4) is 0 Å². The van der Waals surface area contributed by atoms with Gasteiger partial charge in [-0.15, -0.1) is 0 Å². The largest absolute Gasteiger partial charge is 0.405 e. The number of hydrogen-bond acceptors (Lipinski definition) is 2. The van der Waals surface area contributed by atoms with Gasteiger partial charge in [0, 0.05) is 11.6 Å².